The summed E-state index contributed by atoms with van der Waals surface area (Å²) in [5, 5.41) is 3.03. The molecular formula is C15H20N2O2S. The van der Waals surface area contributed by atoms with Gasteiger partial charge in [0, 0.05) is 22.5 Å². The predicted molar refractivity (Wildman–Crippen MR) is 82.6 cm³/mol. The van der Waals surface area contributed by atoms with Crippen LogP contribution in [0.15, 0.2) is 23.6 Å². The molecule has 2 N–H and O–H groups in total. The molecule has 0 fully saturated rings. The highest BCUT2D eigenvalue weighted by Crippen LogP contribution is 2.30. The number of rotatable bonds is 4. The number of anilines is 1. The van der Waals surface area contributed by atoms with E-state index in [4.69, 9.17) is 15.2 Å². The van der Waals surface area contributed by atoms with Crippen molar-refractivity contribution in [1.82, 2.24) is 4.98 Å². The second-order valence-corrected chi connectivity index (χ2v) is 6.52. The Hall–Kier alpha value is -1.75. The molecule has 0 spiro atoms. The van der Waals surface area contributed by atoms with Gasteiger partial charge in [0.1, 0.15) is 11.6 Å². The maximum absolute atomic E-state index is 5.76. The Balaban J connectivity index is 2.07. The van der Waals surface area contributed by atoms with Gasteiger partial charge in [-0.25, -0.2) is 4.98 Å². The molecular weight excluding hydrogens is 272 g/mol. The molecule has 108 valence electrons. The van der Waals surface area contributed by atoms with E-state index >= 15 is 0 Å². The third-order valence-corrected chi connectivity index (χ3v) is 3.68. The lowest BCUT2D eigenvalue weighted by Gasteiger charge is -2.14. The molecule has 1 aromatic carbocycles. The van der Waals surface area contributed by atoms with E-state index in [1.54, 1.807) is 30.6 Å². The molecule has 0 atom stereocenters. The number of methoxy groups -OCH3 is 1. The summed E-state index contributed by atoms with van der Waals surface area (Å²) in [7, 11) is 1.60. The predicted octanol–water partition coefficient (Wildman–Crippen LogP) is 3.61. The number of ether oxygens (including phenoxy) is 2. The summed E-state index contributed by atoms with van der Waals surface area (Å²) in [5.74, 6) is 1.31. The molecule has 2 rings (SSSR count). The van der Waals surface area contributed by atoms with Crippen LogP contribution in [-0.4, -0.2) is 12.1 Å². The van der Waals surface area contributed by atoms with Crippen molar-refractivity contribution in [3.63, 3.8) is 0 Å². The maximum Gasteiger partial charge on any atom is 0.162 e. The second kappa shape index (κ2) is 5.71. The molecule has 0 saturated carbocycles. The highest BCUT2D eigenvalue weighted by molar-refractivity contribution is 7.09. The molecule has 5 heteroatoms. The molecule has 0 aliphatic heterocycles. The summed E-state index contributed by atoms with van der Waals surface area (Å²) in [6.07, 6.45) is 0. The van der Waals surface area contributed by atoms with E-state index in [0.717, 1.165) is 10.7 Å². The summed E-state index contributed by atoms with van der Waals surface area (Å²) in [6.45, 7) is 6.88. The van der Waals surface area contributed by atoms with Crippen LogP contribution in [0.3, 0.4) is 0 Å². The molecule has 0 amide bonds. The first kappa shape index (κ1) is 14.7. The third-order valence-electron chi connectivity index (χ3n) is 2.86. The minimum Gasteiger partial charge on any atom is -0.493 e. The smallest absolute Gasteiger partial charge is 0.162 e. The minimum absolute atomic E-state index is 0.0631. The van der Waals surface area contributed by atoms with Gasteiger partial charge in [-0.05, 0) is 12.1 Å². The number of hydrogen-bond donors (Lipinski definition) is 1. The molecule has 0 saturated heterocycles. The average molecular weight is 292 g/mol. The van der Waals surface area contributed by atoms with Crippen LogP contribution in [0.4, 0.5) is 5.69 Å². The Labute approximate surface area is 123 Å². The van der Waals surface area contributed by atoms with Crippen LogP contribution in [0, 0.1) is 0 Å². The average Bonchev–Trinajstić information content (AvgIpc) is 2.86. The minimum atomic E-state index is 0.0631. The fourth-order valence-electron chi connectivity index (χ4n) is 1.66. The van der Waals surface area contributed by atoms with Gasteiger partial charge in [-0.3, -0.25) is 0 Å². The Morgan fingerprint density at radius 1 is 1.25 bits per heavy atom. The van der Waals surface area contributed by atoms with E-state index in [2.05, 4.69) is 31.1 Å². The van der Waals surface area contributed by atoms with E-state index in [9.17, 15) is 0 Å². The first-order valence-electron chi connectivity index (χ1n) is 6.41. The first-order valence-corrected chi connectivity index (χ1v) is 7.29. The van der Waals surface area contributed by atoms with Gasteiger partial charge in [0.2, 0.25) is 0 Å². The van der Waals surface area contributed by atoms with E-state index in [1.165, 1.54) is 0 Å². The SMILES string of the molecule is COc1cc(N)ccc1OCc1nc(C(C)(C)C)cs1. The first-order chi connectivity index (χ1) is 9.40. The van der Waals surface area contributed by atoms with E-state index in [-0.39, 0.29) is 5.41 Å². The molecule has 0 aliphatic rings. The van der Waals surface area contributed by atoms with Gasteiger partial charge in [0.15, 0.2) is 11.5 Å². The number of thiazole rings is 1. The summed E-state index contributed by atoms with van der Waals surface area (Å²) in [6, 6.07) is 5.35. The summed E-state index contributed by atoms with van der Waals surface area (Å²) in [4.78, 5) is 4.60. The molecule has 0 bridgehead atoms. The number of aromatic nitrogens is 1. The van der Waals surface area contributed by atoms with Crippen molar-refractivity contribution in [1.29, 1.82) is 0 Å². The highest BCUT2D eigenvalue weighted by Gasteiger charge is 2.17. The zero-order valence-electron chi connectivity index (χ0n) is 12.3. The standard InChI is InChI=1S/C15H20N2O2S/c1-15(2,3)13-9-20-14(17-13)8-19-11-6-5-10(16)7-12(11)18-4/h5-7,9H,8,16H2,1-4H3. The van der Waals surface area contributed by atoms with E-state index < -0.39 is 0 Å². The Bertz CT molecular complexity index is 588. The van der Waals surface area contributed by atoms with Crippen LogP contribution in [0.5, 0.6) is 11.5 Å². The molecule has 20 heavy (non-hydrogen) atoms. The molecule has 0 radical (unpaired) electrons. The van der Waals surface area contributed by atoms with Crippen LogP contribution in [0.2, 0.25) is 0 Å². The number of benzene rings is 1. The van der Waals surface area contributed by atoms with Gasteiger partial charge in [-0.2, -0.15) is 0 Å². The Kier molecular flexibility index (Phi) is 4.18. The highest BCUT2D eigenvalue weighted by atomic mass is 32.1. The van der Waals surface area contributed by atoms with Gasteiger partial charge in [0.25, 0.3) is 0 Å². The molecule has 0 unspecified atom stereocenters. The summed E-state index contributed by atoms with van der Waals surface area (Å²) >= 11 is 1.61. The van der Waals surface area contributed by atoms with Crippen LogP contribution >= 0.6 is 11.3 Å². The zero-order chi connectivity index (χ0) is 14.8. The monoisotopic (exact) mass is 292 g/mol. The Morgan fingerprint density at radius 3 is 2.60 bits per heavy atom. The van der Waals surface area contributed by atoms with Crippen molar-refractivity contribution >= 4 is 17.0 Å². The lowest BCUT2D eigenvalue weighted by molar-refractivity contribution is 0.283. The quantitative estimate of drug-likeness (QED) is 0.875. The van der Waals surface area contributed by atoms with Crippen LogP contribution in [-0.2, 0) is 12.0 Å². The molecule has 2 aromatic rings. The molecule has 1 heterocycles. The topological polar surface area (TPSA) is 57.4 Å². The van der Waals surface area contributed by atoms with Crippen LogP contribution < -0.4 is 15.2 Å². The fourth-order valence-corrected chi connectivity index (χ4v) is 2.60. The normalized spacial score (nSPS) is 11.4. The van der Waals surface area contributed by atoms with Gasteiger partial charge < -0.3 is 15.2 Å². The van der Waals surface area contributed by atoms with Gasteiger partial charge in [0.05, 0.1) is 12.8 Å². The maximum atomic E-state index is 5.76. The third kappa shape index (κ3) is 3.42. The largest absolute Gasteiger partial charge is 0.493 e. The zero-order valence-corrected chi connectivity index (χ0v) is 13.1. The van der Waals surface area contributed by atoms with Crippen molar-refractivity contribution < 1.29 is 9.47 Å². The van der Waals surface area contributed by atoms with Crippen LogP contribution in [0.1, 0.15) is 31.5 Å². The number of nitrogens with two attached hydrogens (primary N) is 1. The van der Waals surface area contributed by atoms with E-state index in [0.29, 0.717) is 23.8 Å². The van der Waals surface area contributed by atoms with Gasteiger partial charge in [-0.15, -0.1) is 11.3 Å². The van der Waals surface area contributed by atoms with Gasteiger partial charge >= 0.3 is 0 Å². The number of nitrogen functional groups attached to an aromatic ring is 1. The second-order valence-electron chi connectivity index (χ2n) is 5.58. The molecule has 1 aromatic heterocycles. The van der Waals surface area contributed by atoms with Gasteiger partial charge in [-0.1, -0.05) is 20.8 Å². The summed E-state index contributed by atoms with van der Waals surface area (Å²) in [5.41, 5.74) is 7.52. The van der Waals surface area contributed by atoms with Crippen LogP contribution in [0.25, 0.3) is 0 Å². The van der Waals surface area contributed by atoms with Crippen molar-refractivity contribution in [3.8, 4) is 11.5 Å². The van der Waals surface area contributed by atoms with E-state index in [1.807, 2.05) is 6.07 Å². The number of hydrogen-bond acceptors (Lipinski definition) is 5. The lowest BCUT2D eigenvalue weighted by Crippen LogP contribution is -2.11. The van der Waals surface area contributed by atoms with Crippen molar-refractivity contribution in [3.05, 3.63) is 34.3 Å². The molecule has 0 aliphatic carbocycles. The lowest BCUT2D eigenvalue weighted by atomic mass is 9.93. The fraction of sp³-hybridized carbons (Fsp3) is 0.400. The van der Waals surface area contributed by atoms with Crippen molar-refractivity contribution in [2.24, 2.45) is 0 Å². The Morgan fingerprint density at radius 2 is 2.00 bits per heavy atom. The number of nitrogens with zero attached hydrogens (tertiary/aromatic N) is 1. The van der Waals surface area contributed by atoms with Crippen molar-refractivity contribution in [2.75, 3.05) is 12.8 Å². The molecule has 4 nitrogen and oxygen atoms in total. The van der Waals surface area contributed by atoms with Crippen molar-refractivity contribution in [2.45, 2.75) is 32.8 Å². The summed E-state index contributed by atoms with van der Waals surface area (Å²) < 4.78 is 11.0.